The number of hydrogen-bond donors (Lipinski definition) is 2. The van der Waals surface area contributed by atoms with Crippen molar-refractivity contribution in [2.24, 2.45) is 0 Å². The largest absolute Gasteiger partial charge is 0.494 e. The highest BCUT2D eigenvalue weighted by Crippen LogP contribution is 2.17. The van der Waals surface area contributed by atoms with E-state index in [-0.39, 0.29) is 0 Å². The minimum Gasteiger partial charge on any atom is -0.494 e. The fraction of sp³-hybridized carbons (Fsp3) is 0.214. The molecule has 0 fully saturated rings. The Kier molecular flexibility index (Phi) is 3.45. The van der Waals surface area contributed by atoms with Crippen LogP contribution < -0.4 is 10.1 Å². The molecule has 2 N–H and O–H groups in total. The molecule has 0 aliphatic heterocycles. The molecule has 0 saturated heterocycles. The van der Waals surface area contributed by atoms with E-state index < -0.39 is 0 Å². The Bertz CT molecular complexity index is 692. The highest BCUT2D eigenvalue weighted by atomic mass is 16.5. The number of aromatic amines is 1. The van der Waals surface area contributed by atoms with Crippen LogP contribution in [0, 0.1) is 0 Å². The van der Waals surface area contributed by atoms with Gasteiger partial charge in [0.05, 0.1) is 12.9 Å². The molecule has 0 atom stereocenters. The number of ether oxygens (including phenoxy) is 1. The molecule has 0 spiro atoms. The lowest BCUT2D eigenvalue weighted by molar-refractivity contribution is 0.340. The van der Waals surface area contributed by atoms with Crippen molar-refractivity contribution in [3.8, 4) is 5.75 Å². The van der Waals surface area contributed by atoms with E-state index >= 15 is 0 Å². The van der Waals surface area contributed by atoms with Crippen LogP contribution >= 0.6 is 0 Å². The number of benzene rings is 1. The van der Waals surface area contributed by atoms with Crippen LogP contribution in [-0.2, 0) is 6.54 Å². The van der Waals surface area contributed by atoms with Crippen molar-refractivity contribution in [2.45, 2.75) is 13.5 Å². The van der Waals surface area contributed by atoms with E-state index in [1.165, 1.54) is 6.33 Å². The minimum atomic E-state index is 0.661. The zero-order chi connectivity index (χ0) is 13.8. The van der Waals surface area contributed by atoms with Crippen molar-refractivity contribution in [3.63, 3.8) is 0 Å². The first kappa shape index (κ1) is 12.4. The molecular formula is C14H15N5O. The highest BCUT2D eigenvalue weighted by molar-refractivity contribution is 5.81. The number of anilines is 1. The first-order valence-electron chi connectivity index (χ1n) is 6.46. The first-order valence-corrected chi connectivity index (χ1v) is 6.46. The standard InChI is InChI=1S/C14H15N5O/c1-2-20-11-5-3-10(4-6-11)7-15-13-12-14(17-8-16-12)19-9-18-13/h3-6,8-9H,2,7H2,1H3,(H2,15,16,17,18,19). The summed E-state index contributed by atoms with van der Waals surface area (Å²) in [7, 11) is 0. The summed E-state index contributed by atoms with van der Waals surface area (Å²) in [4.78, 5) is 15.4. The van der Waals surface area contributed by atoms with E-state index in [4.69, 9.17) is 4.74 Å². The van der Waals surface area contributed by atoms with E-state index in [1.807, 2.05) is 31.2 Å². The van der Waals surface area contributed by atoms with Gasteiger partial charge in [0.15, 0.2) is 11.5 Å². The number of H-pyrrole nitrogens is 1. The third-order valence-electron chi connectivity index (χ3n) is 2.92. The maximum atomic E-state index is 5.42. The second-order valence-corrected chi connectivity index (χ2v) is 4.25. The molecule has 0 amide bonds. The molecule has 0 aliphatic carbocycles. The Hall–Kier alpha value is -2.63. The van der Waals surface area contributed by atoms with Gasteiger partial charge < -0.3 is 15.0 Å². The van der Waals surface area contributed by atoms with Gasteiger partial charge in [-0.2, -0.15) is 0 Å². The fourth-order valence-corrected chi connectivity index (χ4v) is 1.96. The molecule has 3 rings (SSSR count). The SMILES string of the molecule is CCOc1ccc(CNc2ncnc3nc[nH]c23)cc1. The van der Waals surface area contributed by atoms with Gasteiger partial charge in [0.1, 0.15) is 17.6 Å². The number of imidazole rings is 1. The van der Waals surface area contributed by atoms with Crippen molar-refractivity contribution >= 4 is 17.0 Å². The van der Waals surface area contributed by atoms with E-state index in [0.29, 0.717) is 18.8 Å². The zero-order valence-electron chi connectivity index (χ0n) is 11.1. The van der Waals surface area contributed by atoms with Crippen molar-refractivity contribution in [3.05, 3.63) is 42.5 Å². The third-order valence-corrected chi connectivity index (χ3v) is 2.92. The molecule has 0 unspecified atom stereocenters. The van der Waals surface area contributed by atoms with Crippen LogP contribution in [0.3, 0.4) is 0 Å². The number of nitrogens with zero attached hydrogens (tertiary/aromatic N) is 3. The molecule has 20 heavy (non-hydrogen) atoms. The topological polar surface area (TPSA) is 75.7 Å². The molecule has 0 radical (unpaired) electrons. The van der Waals surface area contributed by atoms with Crippen molar-refractivity contribution in [1.82, 2.24) is 19.9 Å². The summed E-state index contributed by atoms with van der Waals surface area (Å²) >= 11 is 0. The van der Waals surface area contributed by atoms with Gasteiger partial charge in [0.25, 0.3) is 0 Å². The number of nitrogens with one attached hydrogen (secondary N) is 2. The second kappa shape index (κ2) is 5.56. The number of fused-ring (bicyclic) bond motifs is 1. The summed E-state index contributed by atoms with van der Waals surface area (Å²) < 4.78 is 5.42. The summed E-state index contributed by atoms with van der Waals surface area (Å²) in [5.41, 5.74) is 2.63. The average molecular weight is 269 g/mol. The maximum Gasteiger partial charge on any atom is 0.182 e. The highest BCUT2D eigenvalue weighted by Gasteiger charge is 2.05. The summed E-state index contributed by atoms with van der Waals surface area (Å²) in [5.74, 6) is 1.63. The smallest absolute Gasteiger partial charge is 0.182 e. The summed E-state index contributed by atoms with van der Waals surface area (Å²) in [6.07, 6.45) is 3.12. The van der Waals surface area contributed by atoms with Crippen LogP contribution in [-0.4, -0.2) is 26.5 Å². The van der Waals surface area contributed by atoms with Crippen LogP contribution in [0.15, 0.2) is 36.9 Å². The predicted octanol–water partition coefficient (Wildman–Crippen LogP) is 2.36. The van der Waals surface area contributed by atoms with Gasteiger partial charge in [-0.15, -0.1) is 0 Å². The lowest BCUT2D eigenvalue weighted by Gasteiger charge is -2.07. The molecule has 6 nitrogen and oxygen atoms in total. The molecular weight excluding hydrogens is 254 g/mol. The summed E-state index contributed by atoms with van der Waals surface area (Å²) in [6.45, 7) is 3.33. The van der Waals surface area contributed by atoms with Crippen molar-refractivity contribution < 1.29 is 4.74 Å². The van der Waals surface area contributed by atoms with Gasteiger partial charge in [-0.05, 0) is 24.6 Å². The monoisotopic (exact) mass is 269 g/mol. The summed E-state index contributed by atoms with van der Waals surface area (Å²) in [6, 6.07) is 7.99. The molecule has 102 valence electrons. The average Bonchev–Trinajstić information content (AvgIpc) is 2.96. The minimum absolute atomic E-state index is 0.661. The number of rotatable bonds is 5. The van der Waals surface area contributed by atoms with Gasteiger partial charge >= 0.3 is 0 Å². The van der Waals surface area contributed by atoms with Crippen LogP contribution in [0.5, 0.6) is 5.75 Å². The van der Waals surface area contributed by atoms with Gasteiger partial charge in [0, 0.05) is 6.54 Å². The van der Waals surface area contributed by atoms with Crippen molar-refractivity contribution in [1.29, 1.82) is 0 Å². The Morgan fingerprint density at radius 3 is 2.80 bits per heavy atom. The molecule has 2 aromatic heterocycles. The van der Waals surface area contributed by atoms with Crippen LogP contribution in [0.25, 0.3) is 11.2 Å². The Labute approximate surface area is 116 Å². The molecule has 1 aromatic carbocycles. The molecule has 0 bridgehead atoms. The lowest BCUT2D eigenvalue weighted by Crippen LogP contribution is -2.02. The quantitative estimate of drug-likeness (QED) is 0.743. The maximum absolute atomic E-state index is 5.42. The van der Waals surface area contributed by atoms with E-state index in [2.05, 4.69) is 25.3 Å². The Morgan fingerprint density at radius 2 is 2.00 bits per heavy atom. The van der Waals surface area contributed by atoms with Gasteiger partial charge in [0.2, 0.25) is 0 Å². The first-order chi connectivity index (χ1) is 9.86. The Balaban J connectivity index is 1.71. The van der Waals surface area contributed by atoms with E-state index in [1.54, 1.807) is 6.33 Å². The Morgan fingerprint density at radius 1 is 1.15 bits per heavy atom. The lowest BCUT2D eigenvalue weighted by atomic mass is 10.2. The number of hydrogen-bond acceptors (Lipinski definition) is 5. The molecule has 2 heterocycles. The van der Waals surface area contributed by atoms with Gasteiger partial charge in [-0.3, -0.25) is 0 Å². The normalized spacial score (nSPS) is 10.7. The van der Waals surface area contributed by atoms with Crippen molar-refractivity contribution in [2.75, 3.05) is 11.9 Å². The molecule has 6 heteroatoms. The van der Waals surface area contributed by atoms with Crippen LogP contribution in [0.2, 0.25) is 0 Å². The zero-order valence-corrected chi connectivity index (χ0v) is 11.1. The van der Waals surface area contributed by atoms with Crippen LogP contribution in [0.1, 0.15) is 12.5 Å². The van der Waals surface area contributed by atoms with E-state index in [0.717, 1.165) is 22.6 Å². The van der Waals surface area contributed by atoms with E-state index in [9.17, 15) is 0 Å². The molecule has 3 aromatic rings. The molecule has 0 aliphatic rings. The molecule has 0 saturated carbocycles. The predicted molar refractivity (Wildman–Crippen MR) is 76.6 cm³/mol. The van der Waals surface area contributed by atoms with Gasteiger partial charge in [-0.1, -0.05) is 12.1 Å². The van der Waals surface area contributed by atoms with Crippen LogP contribution in [0.4, 0.5) is 5.82 Å². The second-order valence-electron chi connectivity index (χ2n) is 4.25. The number of aromatic nitrogens is 4. The fourth-order valence-electron chi connectivity index (χ4n) is 1.96. The van der Waals surface area contributed by atoms with Gasteiger partial charge in [-0.25, -0.2) is 15.0 Å². The summed E-state index contributed by atoms with van der Waals surface area (Å²) in [5, 5.41) is 3.28. The third kappa shape index (κ3) is 2.54.